The van der Waals surface area contributed by atoms with Gasteiger partial charge in [0, 0.05) is 33.4 Å². The molecule has 0 bridgehead atoms. The molecule has 0 spiro atoms. The summed E-state index contributed by atoms with van der Waals surface area (Å²) in [5.74, 6) is 1.71. The van der Waals surface area contributed by atoms with E-state index in [2.05, 4.69) is 46.0 Å². The van der Waals surface area contributed by atoms with Gasteiger partial charge in [0.15, 0.2) is 5.96 Å². The highest BCUT2D eigenvalue weighted by Gasteiger charge is 2.13. The quantitative estimate of drug-likeness (QED) is 0.288. The van der Waals surface area contributed by atoms with E-state index in [4.69, 9.17) is 14.2 Å². The highest BCUT2D eigenvalue weighted by Crippen LogP contribution is 2.17. The number of para-hydroxylation sites is 1. The summed E-state index contributed by atoms with van der Waals surface area (Å²) in [5.41, 5.74) is 3.59. The van der Waals surface area contributed by atoms with Crippen LogP contribution in [0.15, 0.2) is 53.5 Å². The summed E-state index contributed by atoms with van der Waals surface area (Å²) in [6, 6.07) is 16.6. The fraction of sp³-hybridized carbons (Fsp3) is 0.458. The molecule has 0 aliphatic carbocycles. The van der Waals surface area contributed by atoms with Crippen molar-refractivity contribution >= 4 is 29.9 Å². The number of halogens is 1. The zero-order chi connectivity index (χ0) is 21.0. The van der Waals surface area contributed by atoms with Gasteiger partial charge in [0.05, 0.1) is 19.8 Å². The van der Waals surface area contributed by atoms with Crippen LogP contribution >= 0.6 is 24.0 Å². The van der Waals surface area contributed by atoms with Crippen LogP contribution in [0.5, 0.6) is 5.75 Å². The third-order valence-corrected chi connectivity index (χ3v) is 5.24. The van der Waals surface area contributed by atoms with Gasteiger partial charge in [-0.2, -0.15) is 0 Å². The first-order chi connectivity index (χ1) is 14.8. The van der Waals surface area contributed by atoms with Gasteiger partial charge in [0.25, 0.3) is 0 Å². The van der Waals surface area contributed by atoms with E-state index in [9.17, 15) is 0 Å². The van der Waals surface area contributed by atoms with Gasteiger partial charge in [-0.15, -0.1) is 24.0 Å². The number of rotatable bonds is 9. The molecular formula is C24H34IN3O3. The zero-order valence-corrected chi connectivity index (χ0v) is 20.8. The summed E-state index contributed by atoms with van der Waals surface area (Å²) in [7, 11) is 3.49. The van der Waals surface area contributed by atoms with Crippen LogP contribution in [0.2, 0.25) is 0 Å². The first kappa shape index (κ1) is 25.4. The second-order valence-corrected chi connectivity index (χ2v) is 7.35. The summed E-state index contributed by atoms with van der Waals surface area (Å²) in [6.07, 6.45) is 3.17. The normalized spacial score (nSPS) is 14.6. The molecule has 1 saturated heterocycles. The van der Waals surface area contributed by atoms with Gasteiger partial charge in [-0.1, -0.05) is 42.5 Å². The molecular weight excluding hydrogens is 505 g/mol. The van der Waals surface area contributed by atoms with Crippen molar-refractivity contribution in [2.24, 2.45) is 4.99 Å². The minimum Gasteiger partial charge on any atom is -0.496 e. The van der Waals surface area contributed by atoms with E-state index in [0.717, 1.165) is 57.3 Å². The van der Waals surface area contributed by atoms with Crippen molar-refractivity contribution in [2.45, 2.75) is 38.5 Å². The van der Waals surface area contributed by atoms with Gasteiger partial charge >= 0.3 is 0 Å². The molecule has 2 aromatic carbocycles. The largest absolute Gasteiger partial charge is 0.496 e. The minimum absolute atomic E-state index is 0. The topological polar surface area (TPSA) is 64.1 Å². The van der Waals surface area contributed by atoms with Gasteiger partial charge in [-0.05, 0) is 42.0 Å². The Morgan fingerprint density at radius 3 is 2.45 bits per heavy atom. The number of nitrogens with one attached hydrogen (secondary N) is 2. The number of hydrogen-bond acceptors (Lipinski definition) is 4. The van der Waals surface area contributed by atoms with Crippen molar-refractivity contribution in [1.29, 1.82) is 0 Å². The molecule has 0 amide bonds. The molecule has 1 heterocycles. The molecule has 0 aromatic heterocycles. The Kier molecular flexibility index (Phi) is 11.7. The maximum absolute atomic E-state index is 5.99. The summed E-state index contributed by atoms with van der Waals surface area (Å²) >= 11 is 0. The van der Waals surface area contributed by atoms with Crippen LogP contribution in [-0.2, 0) is 29.0 Å². The minimum atomic E-state index is 0. The van der Waals surface area contributed by atoms with Gasteiger partial charge in [-0.3, -0.25) is 4.99 Å². The summed E-state index contributed by atoms with van der Waals surface area (Å²) in [4.78, 5) is 4.31. The van der Waals surface area contributed by atoms with Crippen LogP contribution < -0.4 is 15.4 Å². The van der Waals surface area contributed by atoms with E-state index in [1.807, 2.05) is 18.2 Å². The Bertz CT molecular complexity index is 793. The standard InChI is InChI=1S/C24H33N3O3.HI/c1-25-24(26-14-11-21-5-3-4-6-23(21)28-2)27-17-19-7-9-20(10-8-19)18-30-22-12-15-29-16-13-22;/h3-10,22H,11-18H2,1-2H3,(H2,25,26,27);1H. The van der Waals surface area contributed by atoms with Gasteiger partial charge in [0.2, 0.25) is 0 Å². The highest BCUT2D eigenvalue weighted by atomic mass is 127. The second-order valence-electron chi connectivity index (χ2n) is 7.35. The maximum atomic E-state index is 5.99. The Balaban J connectivity index is 0.00000341. The number of ether oxygens (including phenoxy) is 3. The Morgan fingerprint density at radius 2 is 1.74 bits per heavy atom. The van der Waals surface area contributed by atoms with Gasteiger partial charge in [0.1, 0.15) is 5.75 Å². The van der Waals surface area contributed by atoms with Crippen LogP contribution in [-0.4, -0.2) is 46.0 Å². The number of guanidine groups is 1. The van der Waals surface area contributed by atoms with Crippen molar-refractivity contribution in [3.63, 3.8) is 0 Å². The lowest BCUT2D eigenvalue weighted by Crippen LogP contribution is -2.37. The summed E-state index contributed by atoms with van der Waals surface area (Å²) < 4.78 is 16.8. The summed E-state index contributed by atoms with van der Waals surface area (Å²) in [5, 5.41) is 6.73. The van der Waals surface area contributed by atoms with Crippen LogP contribution in [0.4, 0.5) is 0 Å². The van der Waals surface area contributed by atoms with Crippen LogP contribution in [0.1, 0.15) is 29.5 Å². The van der Waals surface area contributed by atoms with Crippen molar-refractivity contribution in [2.75, 3.05) is 33.9 Å². The van der Waals surface area contributed by atoms with E-state index in [1.54, 1.807) is 14.2 Å². The number of nitrogens with zero attached hydrogens (tertiary/aromatic N) is 1. The van der Waals surface area contributed by atoms with E-state index < -0.39 is 0 Å². The average molecular weight is 539 g/mol. The fourth-order valence-electron chi connectivity index (χ4n) is 3.44. The second kappa shape index (κ2) is 14.3. The average Bonchev–Trinajstić information content (AvgIpc) is 2.81. The third-order valence-electron chi connectivity index (χ3n) is 5.24. The number of hydrogen-bond donors (Lipinski definition) is 2. The predicted molar refractivity (Wildman–Crippen MR) is 135 cm³/mol. The SMILES string of the molecule is CN=C(NCCc1ccccc1OC)NCc1ccc(COC2CCOCC2)cc1.I. The molecule has 1 aliphatic heterocycles. The number of methoxy groups -OCH3 is 1. The first-order valence-electron chi connectivity index (χ1n) is 10.6. The molecule has 1 fully saturated rings. The Hall–Kier alpha value is -1.84. The number of benzene rings is 2. The molecule has 31 heavy (non-hydrogen) atoms. The molecule has 1 aliphatic rings. The Labute approximate surface area is 202 Å². The van der Waals surface area contributed by atoms with Crippen molar-refractivity contribution < 1.29 is 14.2 Å². The van der Waals surface area contributed by atoms with Crippen LogP contribution in [0.25, 0.3) is 0 Å². The summed E-state index contributed by atoms with van der Waals surface area (Å²) in [6.45, 7) is 3.77. The monoisotopic (exact) mass is 539 g/mol. The van der Waals surface area contributed by atoms with Crippen molar-refractivity contribution in [3.05, 3.63) is 65.2 Å². The molecule has 0 radical (unpaired) electrons. The highest BCUT2D eigenvalue weighted by molar-refractivity contribution is 14.0. The molecule has 6 nitrogen and oxygen atoms in total. The maximum Gasteiger partial charge on any atom is 0.191 e. The third kappa shape index (κ3) is 8.66. The Morgan fingerprint density at radius 1 is 1.03 bits per heavy atom. The van der Waals surface area contributed by atoms with E-state index in [-0.39, 0.29) is 24.0 Å². The first-order valence-corrected chi connectivity index (χ1v) is 10.6. The van der Waals surface area contributed by atoms with Crippen LogP contribution in [0, 0.1) is 0 Å². The smallest absolute Gasteiger partial charge is 0.191 e. The zero-order valence-electron chi connectivity index (χ0n) is 18.4. The molecule has 0 atom stereocenters. The van der Waals surface area contributed by atoms with E-state index in [0.29, 0.717) is 12.7 Å². The lowest BCUT2D eigenvalue weighted by Gasteiger charge is -2.22. The lowest BCUT2D eigenvalue weighted by atomic mass is 10.1. The van der Waals surface area contributed by atoms with E-state index in [1.165, 1.54) is 16.7 Å². The molecule has 7 heteroatoms. The molecule has 170 valence electrons. The molecule has 2 aromatic rings. The van der Waals surface area contributed by atoms with Crippen molar-refractivity contribution in [1.82, 2.24) is 10.6 Å². The van der Waals surface area contributed by atoms with Gasteiger partial charge < -0.3 is 24.8 Å². The molecule has 0 saturated carbocycles. The van der Waals surface area contributed by atoms with E-state index >= 15 is 0 Å². The molecule has 3 rings (SSSR count). The number of aliphatic imine (C=N–C) groups is 1. The van der Waals surface area contributed by atoms with Gasteiger partial charge in [-0.25, -0.2) is 0 Å². The van der Waals surface area contributed by atoms with Crippen molar-refractivity contribution in [3.8, 4) is 5.75 Å². The molecule has 2 N–H and O–H groups in total. The lowest BCUT2D eigenvalue weighted by molar-refractivity contribution is -0.0390. The van der Waals surface area contributed by atoms with Crippen LogP contribution in [0.3, 0.4) is 0 Å². The predicted octanol–water partition coefficient (Wildman–Crippen LogP) is 3.92. The molecule has 0 unspecified atom stereocenters. The fourth-order valence-corrected chi connectivity index (χ4v) is 3.44.